The van der Waals surface area contributed by atoms with Crippen molar-refractivity contribution in [1.29, 1.82) is 0 Å². The molecule has 4 nitrogen and oxygen atoms in total. The van der Waals surface area contributed by atoms with E-state index in [9.17, 15) is 4.79 Å². The second-order valence-electron chi connectivity index (χ2n) is 5.61. The van der Waals surface area contributed by atoms with E-state index in [4.69, 9.17) is 9.15 Å². The van der Waals surface area contributed by atoms with Gasteiger partial charge in [-0.25, -0.2) is 0 Å². The summed E-state index contributed by atoms with van der Waals surface area (Å²) in [5.74, 6) is 1.60. The number of thiophene rings is 1. The van der Waals surface area contributed by atoms with Crippen LogP contribution in [0.2, 0.25) is 0 Å². The fourth-order valence-electron chi connectivity index (χ4n) is 2.26. The Hall–Kier alpha value is -2.53. The minimum atomic E-state index is -0.134. The highest BCUT2D eigenvalue weighted by atomic mass is 32.1. The first-order valence-electron chi connectivity index (χ1n) is 7.68. The molecule has 0 aliphatic rings. The molecule has 124 valence electrons. The highest BCUT2D eigenvalue weighted by Gasteiger charge is 2.16. The Morgan fingerprint density at radius 1 is 1.17 bits per heavy atom. The molecule has 0 unspecified atom stereocenters. The first-order valence-corrected chi connectivity index (χ1v) is 8.56. The average molecular weight is 341 g/mol. The van der Waals surface area contributed by atoms with Gasteiger partial charge in [-0.1, -0.05) is 23.8 Å². The van der Waals surface area contributed by atoms with Gasteiger partial charge < -0.3 is 14.1 Å². The molecule has 24 heavy (non-hydrogen) atoms. The first-order chi connectivity index (χ1) is 11.6. The van der Waals surface area contributed by atoms with Crippen molar-refractivity contribution in [3.05, 3.63) is 75.9 Å². The Balaban J connectivity index is 1.58. The fraction of sp³-hybridized carbons (Fsp3) is 0.211. The number of hydrogen-bond donors (Lipinski definition) is 0. The third-order valence-electron chi connectivity index (χ3n) is 3.59. The van der Waals surface area contributed by atoms with Crippen molar-refractivity contribution in [1.82, 2.24) is 4.90 Å². The molecule has 0 fully saturated rings. The molecule has 0 aliphatic heterocycles. The molecule has 1 amide bonds. The van der Waals surface area contributed by atoms with Crippen LogP contribution in [0.1, 0.15) is 26.8 Å². The van der Waals surface area contributed by atoms with Crippen molar-refractivity contribution in [2.24, 2.45) is 0 Å². The minimum absolute atomic E-state index is 0.134. The van der Waals surface area contributed by atoms with Gasteiger partial charge in [0.05, 0.1) is 6.54 Å². The standard InChI is InChI=1S/C19H19NO3S/c1-14-5-7-15(8-6-14)22-13-16-9-10-18(23-16)19(21)20(2)12-17-4-3-11-24-17/h3-11H,12-13H2,1-2H3. The molecule has 0 aliphatic carbocycles. The molecule has 2 aromatic heterocycles. The van der Waals surface area contributed by atoms with Crippen LogP contribution >= 0.6 is 11.3 Å². The zero-order valence-corrected chi connectivity index (χ0v) is 14.5. The molecule has 0 radical (unpaired) electrons. The molecule has 5 heteroatoms. The van der Waals surface area contributed by atoms with Gasteiger partial charge in [0, 0.05) is 11.9 Å². The molecular weight excluding hydrogens is 322 g/mol. The van der Waals surface area contributed by atoms with Crippen LogP contribution in [0.25, 0.3) is 0 Å². The third kappa shape index (κ3) is 4.06. The van der Waals surface area contributed by atoms with Crippen LogP contribution in [0.4, 0.5) is 0 Å². The molecule has 0 atom stereocenters. The molecule has 3 rings (SSSR count). The molecule has 2 heterocycles. The molecule has 0 spiro atoms. The van der Waals surface area contributed by atoms with E-state index in [-0.39, 0.29) is 5.91 Å². The molecule has 0 N–H and O–H groups in total. The summed E-state index contributed by atoms with van der Waals surface area (Å²) in [4.78, 5) is 15.2. The quantitative estimate of drug-likeness (QED) is 0.663. The summed E-state index contributed by atoms with van der Waals surface area (Å²) >= 11 is 1.63. The number of ether oxygens (including phenoxy) is 1. The van der Waals surface area contributed by atoms with Crippen LogP contribution in [0.15, 0.2) is 58.3 Å². The van der Waals surface area contributed by atoms with Gasteiger partial charge in [0.1, 0.15) is 18.1 Å². The van der Waals surface area contributed by atoms with Crippen molar-refractivity contribution in [2.45, 2.75) is 20.1 Å². The number of hydrogen-bond acceptors (Lipinski definition) is 4. The molecule has 0 saturated carbocycles. The largest absolute Gasteiger partial charge is 0.486 e. The van der Waals surface area contributed by atoms with E-state index >= 15 is 0 Å². The predicted molar refractivity (Wildman–Crippen MR) is 94.3 cm³/mol. The Bertz CT molecular complexity index is 790. The molecule has 1 aromatic carbocycles. The number of carbonyl (C=O) groups is 1. The second-order valence-corrected chi connectivity index (χ2v) is 6.64. The second kappa shape index (κ2) is 7.36. The Morgan fingerprint density at radius 3 is 2.67 bits per heavy atom. The molecule has 3 aromatic rings. The van der Waals surface area contributed by atoms with Crippen LogP contribution in [0.5, 0.6) is 5.75 Å². The maximum Gasteiger partial charge on any atom is 0.289 e. The Kier molecular flexibility index (Phi) is 5.01. The average Bonchev–Trinajstić information content (AvgIpc) is 3.25. The van der Waals surface area contributed by atoms with Crippen LogP contribution < -0.4 is 4.74 Å². The smallest absolute Gasteiger partial charge is 0.289 e. The lowest BCUT2D eigenvalue weighted by atomic mass is 10.2. The van der Waals surface area contributed by atoms with Crippen LogP contribution in [-0.2, 0) is 13.2 Å². The van der Waals surface area contributed by atoms with Crippen molar-refractivity contribution in [2.75, 3.05) is 7.05 Å². The number of rotatable bonds is 6. The fourth-order valence-corrected chi connectivity index (χ4v) is 3.01. The normalized spacial score (nSPS) is 10.6. The van der Waals surface area contributed by atoms with Gasteiger partial charge in [-0.05, 0) is 42.6 Å². The van der Waals surface area contributed by atoms with Crippen LogP contribution in [0, 0.1) is 6.92 Å². The van der Waals surface area contributed by atoms with Gasteiger partial charge in [0.2, 0.25) is 0 Å². The lowest BCUT2D eigenvalue weighted by molar-refractivity contribution is 0.0750. The van der Waals surface area contributed by atoms with E-state index in [0.29, 0.717) is 24.7 Å². The predicted octanol–water partition coefficient (Wildman–Crippen LogP) is 4.50. The van der Waals surface area contributed by atoms with Gasteiger partial charge in [-0.2, -0.15) is 0 Å². The zero-order chi connectivity index (χ0) is 16.9. The van der Waals surface area contributed by atoms with Gasteiger partial charge in [0.15, 0.2) is 5.76 Å². The summed E-state index contributed by atoms with van der Waals surface area (Å²) in [6, 6.07) is 15.3. The number of aryl methyl sites for hydroxylation is 1. The van der Waals surface area contributed by atoms with Crippen LogP contribution in [0.3, 0.4) is 0 Å². The highest BCUT2D eigenvalue weighted by molar-refractivity contribution is 7.09. The topological polar surface area (TPSA) is 42.7 Å². The van der Waals surface area contributed by atoms with Crippen LogP contribution in [-0.4, -0.2) is 17.9 Å². The summed E-state index contributed by atoms with van der Waals surface area (Å²) in [6.45, 7) is 2.90. The number of benzene rings is 1. The third-order valence-corrected chi connectivity index (χ3v) is 4.46. The summed E-state index contributed by atoms with van der Waals surface area (Å²) in [6.07, 6.45) is 0. The van der Waals surface area contributed by atoms with E-state index in [1.54, 1.807) is 35.4 Å². The van der Waals surface area contributed by atoms with E-state index in [1.165, 1.54) is 5.56 Å². The number of amides is 1. The van der Waals surface area contributed by atoms with E-state index in [0.717, 1.165) is 10.6 Å². The van der Waals surface area contributed by atoms with Crippen molar-refractivity contribution >= 4 is 17.2 Å². The van der Waals surface area contributed by atoms with Crippen molar-refractivity contribution in [3.63, 3.8) is 0 Å². The lowest BCUT2D eigenvalue weighted by Gasteiger charge is -2.14. The van der Waals surface area contributed by atoms with E-state index < -0.39 is 0 Å². The van der Waals surface area contributed by atoms with E-state index in [2.05, 4.69) is 0 Å². The molecule has 0 bridgehead atoms. The lowest BCUT2D eigenvalue weighted by Crippen LogP contribution is -2.25. The van der Waals surface area contributed by atoms with E-state index in [1.807, 2.05) is 48.7 Å². The van der Waals surface area contributed by atoms with Gasteiger partial charge >= 0.3 is 0 Å². The summed E-state index contributed by atoms with van der Waals surface area (Å²) in [7, 11) is 1.77. The molecule has 0 saturated heterocycles. The Morgan fingerprint density at radius 2 is 1.96 bits per heavy atom. The van der Waals surface area contributed by atoms with Crippen molar-refractivity contribution < 1.29 is 13.9 Å². The molecular formula is C19H19NO3S. The van der Waals surface area contributed by atoms with Gasteiger partial charge in [-0.3, -0.25) is 4.79 Å². The SMILES string of the molecule is Cc1ccc(OCc2ccc(C(=O)N(C)Cc3cccs3)o2)cc1. The van der Waals surface area contributed by atoms with Gasteiger partial charge in [-0.15, -0.1) is 11.3 Å². The highest BCUT2D eigenvalue weighted by Crippen LogP contribution is 2.17. The Labute approximate surface area is 145 Å². The summed E-state index contributed by atoms with van der Waals surface area (Å²) in [5, 5.41) is 2.00. The van der Waals surface area contributed by atoms with Gasteiger partial charge in [0.25, 0.3) is 5.91 Å². The monoisotopic (exact) mass is 341 g/mol. The number of furan rings is 1. The first kappa shape index (κ1) is 16.3. The zero-order valence-electron chi connectivity index (χ0n) is 13.7. The number of carbonyl (C=O) groups excluding carboxylic acids is 1. The maximum absolute atomic E-state index is 12.4. The summed E-state index contributed by atoms with van der Waals surface area (Å²) < 4.78 is 11.3. The number of nitrogens with zero attached hydrogens (tertiary/aromatic N) is 1. The summed E-state index contributed by atoms with van der Waals surface area (Å²) in [5.41, 5.74) is 1.18. The maximum atomic E-state index is 12.4. The van der Waals surface area contributed by atoms with Crippen molar-refractivity contribution in [3.8, 4) is 5.75 Å². The minimum Gasteiger partial charge on any atom is -0.486 e.